The second-order valence-electron chi connectivity index (χ2n) is 6.74. The fraction of sp³-hybridized carbons (Fsp3) is 0.381. The number of hydrogen-bond acceptors (Lipinski definition) is 5. The number of amides is 3. The molecule has 2 aromatic rings. The van der Waals surface area contributed by atoms with Gasteiger partial charge in [-0.05, 0) is 30.2 Å². The molecular formula is C21H26N4O4. The quantitative estimate of drug-likeness (QED) is 0.808. The molecule has 29 heavy (non-hydrogen) atoms. The number of piperazine rings is 1. The Kier molecular flexibility index (Phi) is 6.89. The molecule has 1 aromatic heterocycles. The zero-order chi connectivity index (χ0) is 20.6. The van der Waals surface area contributed by atoms with Crippen LogP contribution in [0.4, 0.5) is 10.5 Å². The summed E-state index contributed by atoms with van der Waals surface area (Å²) in [5.41, 5.74) is 1.71. The van der Waals surface area contributed by atoms with E-state index in [0.717, 1.165) is 11.3 Å². The summed E-state index contributed by atoms with van der Waals surface area (Å²) in [6, 6.07) is 11.0. The van der Waals surface area contributed by atoms with Crippen LogP contribution in [-0.4, -0.2) is 67.1 Å². The van der Waals surface area contributed by atoms with E-state index in [4.69, 9.17) is 9.47 Å². The van der Waals surface area contributed by atoms with Crippen LogP contribution in [0.25, 0.3) is 0 Å². The van der Waals surface area contributed by atoms with E-state index in [1.54, 1.807) is 37.4 Å². The van der Waals surface area contributed by atoms with Gasteiger partial charge in [0.25, 0.3) is 0 Å². The molecule has 1 fully saturated rings. The Balaban J connectivity index is 1.42. The molecule has 1 saturated heterocycles. The number of anilines is 1. The highest BCUT2D eigenvalue weighted by Crippen LogP contribution is 2.15. The molecule has 8 nitrogen and oxygen atoms in total. The lowest BCUT2D eigenvalue weighted by molar-refractivity contribution is -0.132. The molecule has 154 valence electrons. The number of carbonyl (C=O) groups excluding carboxylic acids is 2. The lowest BCUT2D eigenvalue weighted by atomic mass is 10.1. The van der Waals surface area contributed by atoms with E-state index in [1.807, 2.05) is 29.2 Å². The first-order valence-electron chi connectivity index (χ1n) is 9.55. The number of benzene rings is 1. The van der Waals surface area contributed by atoms with Crippen molar-refractivity contribution in [3.05, 3.63) is 48.2 Å². The van der Waals surface area contributed by atoms with E-state index in [-0.39, 0.29) is 11.9 Å². The standard InChI is InChI=1S/C21H26N4O4/c1-28-18-7-3-16(4-8-18)5-10-20(26)24-11-13-25(14-12-24)21(27)23-17-6-9-19(29-2)22-15-17/h3-4,6-9,15H,5,10-14H2,1-2H3,(H,23,27). The summed E-state index contributed by atoms with van der Waals surface area (Å²) in [6.45, 7) is 2.08. The van der Waals surface area contributed by atoms with Crippen molar-refractivity contribution in [2.45, 2.75) is 12.8 Å². The highest BCUT2D eigenvalue weighted by atomic mass is 16.5. The summed E-state index contributed by atoms with van der Waals surface area (Å²) >= 11 is 0. The first kappa shape index (κ1) is 20.4. The summed E-state index contributed by atoms with van der Waals surface area (Å²) in [6.07, 6.45) is 2.69. The molecule has 0 unspecified atom stereocenters. The summed E-state index contributed by atoms with van der Waals surface area (Å²) in [5, 5.41) is 2.82. The van der Waals surface area contributed by atoms with Gasteiger partial charge in [-0.15, -0.1) is 0 Å². The molecule has 1 aromatic carbocycles. The van der Waals surface area contributed by atoms with Crippen molar-refractivity contribution >= 4 is 17.6 Å². The van der Waals surface area contributed by atoms with E-state index in [0.29, 0.717) is 50.6 Å². The highest BCUT2D eigenvalue weighted by Gasteiger charge is 2.24. The Hall–Kier alpha value is -3.29. The molecule has 2 heterocycles. The Morgan fingerprint density at radius 2 is 1.66 bits per heavy atom. The average molecular weight is 398 g/mol. The number of nitrogens with one attached hydrogen (secondary N) is 1. The van der Waals surface area contributed by atoms with Crippen LogP contribution >= 0.6 is 0 Å². The molecule has 0 radical (unpaired) electrons. The van der Waals surface area contributed by atoms with Crippen LogP contribution in [0.5, 0.6) is 11.6 Å². The number of ether oxygens (including phenoxy) is 2. The molecule has 3 amide bonds. The van der Waals surface area contributed by atoms with Crippen LogP contribution < -0.4 is 14.8 Å². The van der Waals surface area contributed by atoms with Gasteiger partial charge in [-0.2, -0.15) is 0 Å². The number of nitrogens with zero attached hydrogens (tertiary/aromatic N) is 3. The summed E-state index contributed by atoms with van der Waals surface area (Å²) < 4.78 is 10.2. The monoisotopic (exact) mass is 398 g/mol. The third-order valence-electron chi connectivity index (χ3n) is 4.90. The summed E-state index contributed by atoms with van der Waals surface area (Å²) in [4.78, 5) is 32.5. The Morgan fingerprint density at radius 1 is 0.966 bits per heavy atom. The van der Waals surface area contributed by atoms with Gasteiger partial charge >= 0.3 is 6.03 Å². The highest BCUT2D eigenvalue weighted by molar-refractivity contribution is 5.89. The smallest absolute Gasteiger partial charge is 0.322 e. The first-order valence-corrected chi connectivity index (χ1v) is 9.55. The summed E-state index contributed by atoms with van der Waals surface area (Å²) in [7, 11) is 3.17. The minimum absolute atomic E-state index is 0.111. The van der Waals surface area contributed by atoms with Crippen LogP contribution in [0.3, 0.4) is 0 Å². The van der Waals surface area contributed by atoms with Crippen LogP contribution in [0.1, 0.15) is 12.0 Å². The minimum atomic E-state index is -0.192. The van der Waals surface area contributed by atoms with Crippen molar-refractivity contribution in [2.75, 3.05) is 45.7 Å². The van der Waals surface area contributed by atoms with Crippen molar-refractivity contribution in [1.29, 1.82) is 0 Å². The zero-order valence-corrected chi connectivity index (χ0v) is 16.8. The maximum Gasteiger partial charge on any atom is 0.322 e. The van der Waals surface area contributed by atoms with Gasteiger partial charge in [0, 0.05) is 38.7 Å². The van der Waals surface area contributed by atoms with E-state index < -0.39 is 0 Å². The maximum absolute atomic E-state index is 12.5. The molecule has 0 spiro atoms. The number of pyridine rings is 1. The molecular weight excluding hydrogens is 372 g/mol. The fourth-order valence-corrected chi connectivity index (χ4v) is 3.14. The molecule has 1 aliphatic rings. The Labute approximate surface area is 170 Å². The molecule has 0 saturated carbocycles. The van der Waals surface area contributed by atoms with Crippen LogP contribution in [-0.2, 0) is 11.2 Å². The SMILES string of the molecule is COc1ccc(CCC(=O)N2CCN(C(=O)Nc3ccc(OC)nc3)CC2)cc1. The van der Waals surface area contributed by atoms with Crippen LogP contribution in [0.15, 0.2) is 42.6 Å². The van der Waals surface area contributed by atoms with Crippen molar-refractivity contribution in [3.63, 3.8) is 0 Å². The van der Waals surface area contributed by atoms with E-state index in [9.17, 15) is 9.59 Å². The summed E-state index contributed by atoms with van der Waals surface area (Å²) in [5.74, 6) is 1.41. The van der Waals surface area contributed by atoms with Gasteiger partial charge in [0.2, 0.25) is 11.8 Å². The normalized spacial score (nSPS) is 13.7. The van der Waals surface area contributed by atoms with Gasteiger partial charge in [0.15, 0.2) is 0 Å². The van der Waals surface area contributed by atoms with E-state index in [1.165, 1.54) is 0 Å². The van der Waals surface area contributed by atoms with Gasteiger partial charge in [-0.3, -0.25) is 4.79 Å². The van der Waals surface area contributed by atoms with Gasteiger partial charge in [-0.25, -0.2) is 9.78 Å². The number of aryl methyl sites for hydroxylation is 1. The Morgan fingerprint density at radius 3 is 2.24 bits per heavy atom. The molecule has 0 aliphatic carbocycles. The van der Waals surface area contributed by atoms with Crippen LogP contribution in [0.2, 0.25) is 0 Å². The van der Waals surface area contributed by atoms with Crippen molar-refractivity contribution < 1.29 is 19.1 Å². The third kappa shape index (κ3) is 5.60. The minimum Gasteiger partial charge on any atom is -0.497 e. The van der Waals surface area contributed by atoms with Crippen molar-refractivity contribution in [3.8, 4) is 11.6 Å². The number of rotatable bonds is 6. The number of aromatic nitrogens is 1. The van der Waals surface area contributed by atoms with E-state index in [2.05, 4.69) is 10.3 Å². The number of urea groups is 1. The second kappa shape index (κ2) is 9.77. The first-order chi connectivity index (χ1) is 14.1. The van der Waals surface area contributed by atoms with E-state index >= 15 is 0 Å². The van der Waals surface area contributed by atoms with Crippen molar-refractivity contribution in [1.82, 2.24) is 14.8 Å². The molecule has 8 heteroatoms. The zero-order valence-electron chi connectivity index (χ0n) is 16.8. The second-order valence-corrected chi connectivity index (χ2v) is 6.74. The van der Waals surface area contributed by atoms with Gasteiger partial charge in [0.05, 0.1) is 26.1 Å². The topological polar surface area (TPSA) is 84.0 Å². The average Bonchev–Trinajstić information content (AvgIpc) is 2.78. The lowest BCUT2D eigenvalue weighted by Gasteiger charge is -2.34. The van der Waals surface area contributed by atoms with Crippen LogP contribution in [0, 0.1) is 0 Å². The van der Waals surface area contributed by atoms with Crippen molar-refractivity contribution in [2.24, 2.45) is 0 Å². The van der Waals surface area contributed by atoms with Gasteiger partial charge in [-0.1, -0.05) is 12.1 Å². The Bertz CT molecular complexity index is 816. The molecule has 0 bridgehead atoms. The lowest BCUT2D eigenvalue weighted by Crippen LogP contribution is -2.51. The maximum atomic E-state index is 12.5. The molecule has 1 N–H and O–H groups in total. The third-order valence-corrected chi connectivity index (χ3v) is 4.90. The molecule has 1 aliphatic heterocycles. The predicted octanol–water partition coefficient (Wildman–Crippen LogP) is 2.41. The number of methoxy groups -OCH3 is 2. The molecule has 3 rings (SSSR count). The number of carbonyl (C=O) groups is 2. The van der Waals surface area contributed by atoms with Gasteiger partial charge in [0.1, 0.15) is 5.75 Å². The predicted molar refractivity (Wildman–Crippen MR) is 109 cm³/mol. The fourth-order valence-electron chi connectivity index (χ4n) is 3.14. The molecule has 0 atom stereocenters. The van der Waals surface area contributed by atoms with Gasteiger partial charge < -0.3 is 24.6 Å². The number of hydrogen-bond donors (Lipinski definition) is 1. The largest absolute Gasteiger partial charge is 0.497 e.